The predicted molar refractivity (Wildman–Crippen MR) is 65.0 cm³/mol. The first-order chi connectivity index (χ1) is 7.38. The fourth-order valence-corrected chi connectivity index (χ4v) is 1.58. The van der Waals surface area contributed by atoms with Crippen molar-refractivity contribution in [3.8, 4) is 0 Å². The van der Waals surface area contributed by atoms with Crippen LogP contribution in [0, 0.1) is 12.3 Å². The summed E-state index contributed by atoms with van der Waals surface area (Å²) < 4.78 is 0. The van der Waals surface area contributed by atoms with Gasteiger partial charge in [0.25, 0.3) is 0 Å². The second-order valence-corrected chi connectivity index (χ2v) is 5.35. The smallest absolute Gasteiger partial charge is 0.177 e. The van der Waals surface area contributed by atoms with E-state index < -0.39 is 0 Å². The molecule has 2 aromatic heterocycles. The molecule has 0 aliphatic carbocycles. The van der Waals surface area contributed by atoms with E-state index in [9.17, 15) is 0 Å². The van der Waals surface area contributed by atoms with Gasteiger partial charge in [-0.3, -0.25) is 0 Å². The van der Waals surface area contributed by atoms with Gasteiger partial charge in [0.15, 0.2) is 5.65 Å². The topological polar surface area (TPSA) is 67.6 Å². The summed E-state index contributed by atoms with van der Waals surface area (Å²) in [7, 11) is 0. The van der Waals surface area contributed by atoms with Gasteiger partial charge in [0.1, 0.15) is 5.82 Å². The van der Waals surface area contributed by atoms with Crippen LogP contribution in [0.25, 0.3) is 11.2 Å². The lowest BCUT2D eigenvalue weighted by molar-refractivity contribution is 0.317. The SMILES string of the molecule is Cc1cnc2nc(C(N)C(C)(C)C)[nH]c2c1. The number of fused-ring (bicyclic) bond motifs is 1. The lowest BCUT2D eigenvalue weighted by Crippen LogP contribution is -2.27. The third-order valence-electron chi connectivity index (χ3n) is 2.72. The van der Waals surface area contributed by atoms with Crippen LogP contribution < -0.4 is 5.73 Å². The molecule has 3 N–H and O–H groups in total. The summed E-state index contributed by atoms with van der Waals surface area (Å²) in [5, 5.41) is 0. The van der Waals surface area contributed by atoms with Crippen LogP contribution in [0.2, 0.25) is 0 Å². The van der Waals surface area contributed by atoms with Gasteiger partial charge < -0.3 is 10.7 Å². The number of nitrogens with zero attached hydrogens (tertiary/aromatic N) is 2. The van der Waals surface area contributed by atoms with Crippen LogP contribution in [0.5, 0.6) is 0 Å². The van der Waals surface area contributed by atoms with Crippen molar-refractivity contribution in [2.24, 2.45) is 11.1 Å². The summed E-state index contributed by atoms with van der Waals surface area (Å²) in [6.07, 6.45) is 1.82. The third kappa shape index (κ3) is 1.93. The van der Waals surface area contributed by atoms with Crippen LogP contribution >= 0.6 is 0 Å². The zero-order valence-corrected chi connectivity index (χ0v) is 10.2. The Balaban J connectivity index is 2.47. The minimum atomic E-state index is -0.109. The lowest BCUT2D eigenvalue weighted by atomic mass is 9.87. The Morgan fingerprint density at radius 1 is 1.38 bits per heavy atom. The van der Waals surface area contributed by atoms with Gasteiger partial charge in [-0.15, -0.1) is 0 Å². The van der Waals surface area contributed by atoms with Crippen molar-refractivity contribution in [3.05, 3.63) is 23.7 Å². The normalized spacial score (nSPS) is 14.3. The molecule has 4 heteroatoms. The average Bonchev–Trinajstić information content (AvgIpc) is 2.57. The van der Waals surface area contributed by atoms with E-state index in [1.165, 1.54) is 0 Å². The Kier molecular flexibility index (Phi) is 2.46. The van der Waals surface area contributed by atoms with E-state index >= 15 is 0 Å². The van der Waals surface area contributed by atoms with Crippen LogP contribution in [0.3, 0.4) is 0 Å². The van der Waals surface area contributed by atoms with Gasteiger partial charge >= 0.3 is 0 Å². The maximum absolute atomic E-state index is 6.15. The van der Waals surface area contributed by atoms with Gasteiger partial charge in [0.05, 0.1) is 11.6 Å². The van der Waals surface area contributed by atoms with Crippen LogP contribution in [0.15, 0.2) is 12.3 Å². The molecular formula is C12H18N4. The maximum atomic E-state index is 6.15. The van der Waals surface area contributed by atoms with Crippen LogP contribution in [0.1, 0.15) is 38.2 Å². The van der Waals surface area contributed by atoms with E-state index in [1.807, 2.05) is 19.2 Å². The van der Waals surface area contributed by atoms with Gasteiger partial charge in [0.2, 0.25) is 0 Å². The van der Waals surface area contributed by atoms with Crippen molar-refractivity contribution in [1.29, 1.82) is 0 Å². The van der Waals surface area contributed by atoms with Gasteiger partial charge in [-0.05, 0) is 24.0 Å². The Morgan fingerprint density at radius 2 is 2.06 bits per heavy atom. The molecule has 0 aromatic carbocycles. The largest absolute Gasteiger partial charge is 0.339 e. The van der Waals surface area contributed by atoms with Crippen molar-refractivity contribution in [2.75, 3.05) is 0 Å². The zero-order valence-electron chi connectivity index (χ0n) is 10.2. The second-order valence-electron chi connectivity index (χ2n) is 5.35. The molecule has 0 aliphatic rings. The van der Waals surface area contributed by atoms with Crippen LogP contribution in [-0.2, 0) is 0 Å². The van der Waals surface area contributed by atoms with Crippen molar-refractivity contribution in [1.82, 2.24) is 15.0 Å². The van der Waals surface area contributed by atoms with Crippen molar-refractivity contribution < 1.29 is 0 Å². The van der Waals surface area contributed by atoms with Gasteiger partial charge in [-0.2, -0.15) is 0 Å². The monoisotopic (exact) mass is 218 g/mol. The Morgan fingerprint density at radius 3 is 2.69 bits per heavy atom. The fourth-order valence-electron chi connectivity index (χ4n) is 1.58. The first-order valence-corrected chi connectivity index (χ1v) is 5.46. The van der Waals surface area contributed by atoms with Crippen molar-refractivity contribution in [3.63, 3.8) is 0 Å². The maximum Gasteiger partial charge on any atom is 0.177 e. The quantitative estimate of drug-likeness (QED) is 0.771. The molecule has 0 amide bonds. The number of imidazole rings is 1. The number of hydrogen-bond acceptors (Lipinski definition) is 3. The first-order valence-electron chi connectivity index (χ1n) is 5.46. The molecule has 2 heterocycles. The van der Waals surface area contributed by atoms with E-state index in [1.54, 1.807) is 0 Å². The molecule has 0 aliphatic heterocycles. The molecule has 0 spiro atoms. The number of nitrogens with two attached hydrogens (primary N) is 1. The number of H-pyrrole nitrogens is 1. The van der Waals surface area contributed by atoms with Crippen LogP contribution in [-0.4, -0.2) is 15.0 Å². The second kappa shape index (κ2) is 3.56. The summed E-state index contributed by atoms with van der Waals surface area (Å²) in [6.45, 7) is 8.31. The molecule has 0 radical (unpaired) electrons. The van der Waals surface area contributed by atoms with E-state index in [0.717, 1.165) is 22.6 Å². The van der Waals surface area contributed by atoms with Crippen LogP contribution in [0.4, 0.5) is 0 Å². The highest BCUT2D eigenvalue weighted by molar-refractivity contribution is 5.71. The molecule has 1 unspecified atom stereocenters. The molecule has 1 atom stereocenters. The Labute approximate surface area is 95.3 Å². The number of rotatable bonds is 1. The van der Waals surface area contributed by atoms with Gasteiger partial charge in [-0.25, -0.2) is 9.97 Å². The van der Waals surface area contributed by atoms with E-state index in [4.69, 9.17) is 5.73 Å². The highest BCUT2D eigenvalue weighted by Crippen LogP contribution is 2.29. The standard InChI is InChI=1S/C12H18N4/c1-7-5-8-10(14-6-7)16-11(15-8)9(13)12(2,3)4/h5-6,9H,13H2,1-4H3,(H,14,15,16). The minimum absolute atomic E-state index is 0.0110. The number of pyridine rings is 1. The molecule has 0 saturated carbocycles. The number of hydrogen-bond donors (Lipinski definition) is 2. The molecule has 0 fully saturated rings. The summed E-state index contributed by atoms with van der Waals surface area (Å²) in [5.74, 6) is 0.806. The number of nitrogens with one attached hydrogen (secondary N) is 1. The summed E-state index contributed by atoms with van der Waals surface area (Å²) in [4.78, 5) is 11.9. The number of aromatic amines is 1. The number of aryl methyl sites for hydroxylation is 1. The minimum Gasteiger partial charge on any atom is -0.339 e. The highest BCUT2D eigenvalue weighted by atomic mass is 15.0. The zero-order chi connectivity index (χ0) is 11.9. The van der Waals surface area contributed by atoms with Gasteiger partial charge in [-0.1, -0.05) is 20.8 Å². The third-order valence-corrected chi connectivity index (χ3v) is 2.72. The van der Waals surface area contributed by atoms with Crippen molar-refractivity contribution in [2.45, 2.75) is 33.7 Å². The van der Waals surface area contributed by atoms with Gasteiger partial charge in [0, 0.05) is 6.20 Å². The predicted octanol–water partition coefficient (Wildman–Crippen LogP) is 2.31. The molecular weight excluding hydrogens is 200 g/mol. The highest BCUT2D eigenvalue weighted by Gasteiger charge is 2.25. The Hall–Kier alpha value is -1.42. The van der Waals surface area contributed by atoms with E-state index in [2.05, 4.69) is 35.7 Å². The molecule has 16 heavy (non-hydrogen) atoms. The van der Waals surface area contributed by atoms with Crippen molar-refractivity contribution >= 4 is 11.2 Å². The first kappa shape index (κ1) is 11.1. The molecule has 4 nitrogen and oxygen atoms in total. The summed E-state index contributed by atoms with van der Waals surface area (Å²) in [5.41, 5.74) is 8.95. The number of aromatic nitrogens is 3. The summed E-state index contributed by atoms with van der Waals surface area (Å²) >= 11 is 0. The molecule has 2 aromatic rings. The fraction of sp³-hybridized carbons (Fsp3) is 0.500. The molecule has 2 rings (SSSR count). The van der Waals surface area contributed by atoms with E-state index in [-0.39, 0.29) is 11.5 Å². The molecule has 0 bridgehead atoms. The Bertz CT molecular complexity index is 507. The molecule has 86 valence electrons. The molecule has 0 saturated heterocycles. The van der Waals surface area contributed by atoms with E-state index in [0.29, 0.717) is 0 Å². The summed E-state index contributed by atoms with van der Waals surface area (Å²) in [6, 6.07) is 1.93. The average molecular weight is 218 g/mol. The lowest BCUT2D eigenvalue weighted by Gasteiger charge is -2.24.